The van der Waals surface area contributed by atoms with Gasteiger partial charge in [-0.05, 0) is 24.5 Å². The number of carbonyl (C=O) groups excluding carboxylic acids is 1. The smallest absolute Gasteiger partial charge is 0.271 e. The molecule has 0 radical (unpaired) electrons. The van der Waals surface area contributed by atoms with Crippen molar-refractivity contribution in [2.24, 2.45) is 5.92 Å². The molecule has 6 nitrogen and oxygen atoms in total. The Morgan fingerprint density at radius 3 is 3.06 bits per heavy atom. The molecule has 2 atom stereocenters. The number of nitrogens with one attached hydrogen (secondary N) is 2. The summed E-state index contributed by atoms with van der Waals surface area (Å²) in [6.07, 6.45) is 1.20. The zero-order valence-electron chi connectivity index (χ0n) is 10.4. The van der Waals surface area contributed by atoms with E-state index in [1.165, 1.54) is 6.42 Å². The molecule has 0 spiro atoms. The zero-order chi connectivity index (χ0) is 12.5. The highest BCUT2D eigenvalue weighted by Crippen LogP contribution is 2.30. The molecule has 1 aromatic heterocycles. The number of fused-ring (bicyclic) bond motifs is 1. The van der Waals surface area contributed by atoms with Gasteiger partial charge in [-0.2, -0.15) is 0 Å². The highest BCUT2D eigenvalue weighted by Gasteiger charge is 2.38. The van der Waals surface area contributed by atoms with Gasteiger partial charge in [-0.3, -0.25) is 4.79 Å². The summed E-state index contributed by atoms with van der Waals surface area (Å²) in [5.41, 5.74) is 0.363. The predicted molar refractivity (Wildman–Crippen MR) is 67.5 cm³/mol. The third kappa shape index (κ3) is 1.82. The molecular weight excluding hydrogens is 230 g/mol. The summed E-state index contributed by atoms with van der Waals surface area (Å²) < 4.78 is 0. The molecule has 2 aliphatic rings. The second kappa shape index (κ2) is 4.53. The van der Waals surface area contributed by atoms with Crippen LogP contribution in [0.3, 0.4) is 0 Å². The third-order valence-corrected chi connectivity index (χ3v) is 3.85. The Morgan fingerprint density at radius 2 is 2.33 bits per heavy atom. The SMILES string of the molecule is CNC(=O)c1ccc(N2CC[C@H]3CNC[C@H]32)nn1. The molecule has 1 aromatic rings. The van der Waals surface area contributed by atoms with Crippen LogP contribution in [-0.4, -0.2) is 48.8 Å². The zero-order valence-corrected chi connectivity index (χ0v) is 10.4. The molecule has 0 aliphatic carbocycles. The summed E-state index contributed by atoms with van der Waals surface area (Å²) in [6.45, 7) is 3.15. The number of hydrogen-bond donors (Lipinski definition) is 2. The second-order valence-corrected chi connectivity index (χ2v) is 4.82. The quantitative estimate of drug-likeness (QED) is 0.746. The van der Waals surface area contributed by atoms with Gasteiger partial charge in [-0.1, -0.05) is 0 Å². The molecule has 0 unspecified atom stereocenters. The van der Waals surface area contributed by atoms with Gasteiger partial charge in [-0.25, -0.2) is 0 Å². The van der Waals surface area contributed by atoms with Crippen LogP contribution in [0, 0.1) is 5.92 Å². The number of hydrogen-bond acceptors (Lipinski definition) is 5. The molecule has 2 fully saturated rings. The van der Waals surface area contributed by atoms with Crippen molar-refractivity contribution in [3.05, 3.63) is 17.8 Å². The van der Waals surface area contributed by atoms with Gasteiger partial charge in [0.25, 0.3) is 5.91 Å². The fourth-order valence-electron chi connectivity index (χ4n) is 2.86. The lowest BCUT2D eigenvalue weighted by Crippen LogP contribution is -2.35. The highest BCUT2D eigenvalue weighted by atomic mass is 16.1. The maximum atomic E-state index is 11.4. The van der Waals surface area contributed by atoms with Crippen LogP contribution in [0.2, 0.25) is 0 Å². The molecule has 1 amide bonds. The van der Waals surface area contributed by atoms with E-state index in [-0.39, 0.29) is 5.91 Å². The van der Waals surface area contributed by atoms with E-state index in [0.717, 1.165) is 31.4 Å². The molecule has 3 rings (SSSR count). The maximum absolute atomic E-state index is 11.4. The predicted octanol–water partition coefficient (Wildman–Crippen LogP) is -0.366. The molecular formula is C12H17N5O. The number of aromatic nitrogens is 2. The van der Waals surface area contributed by atoms with Gasteiger partial charge in [0.1, 0.15) is 0 Å². The lowest BCUT2D eigenvalue weighted by molar-refractivity contribution is 0.0957. The van der Waals surface area contributed by atoms with E-state index < -0.39 is 0 Å². The number of nitrogens with zero attached hydrogens (tertiary/aromatic N) is 3. The van der Waals surface area contributed by atoms with Gasteiger partial charge >= 0.3 is 0 Å². The Labute approximate surface area is 106 Å². The van der Waals surface area contributed by atoms with Gasteiger partial charge < -0.3 is 15.5 Å². The van der Waals surface area contributed by atoms with Crippen LogP contribution < -0.4 is 15.5 Å². The van der Waals surface area contributed by atoms with Crippen molar-refractivity contribution in [3.63, 3.8) is 0 Å². The molecule has 0 aromatic carbocycles. The average Bonchev–Trinajstić information content (AvgIpc) is 3.00. The Hall–Kier alpha value is -1.69. The van der Waals surface area contributed by atoms with Crippen molar-refractivity contribution < 1.29 is 4.79 Å². The van der Waals surface area contributed by atoms with E-state index in [2.05, 4.69) is 25.7 Å². The standard InChI is InChI=1S/C12H17N5O/c1-13-12(18)9-2-3-11(16-15-9)17-5-4-8-6-14-7-10(8)17/h2-3,8,10,14H,4-7H2,1H3,(H,13,18)/t8-,10+/m0/s1. The molecule has 96 valence electrons. The Morgan fingerprint density at radius 1 is 1.44 bits per heavy atom. The van der Waals surface area contributed by atoms with E-state index in [0.29, 0.717) is 11.7 Å². The van der Waals surface area contributed by atoms with Gasteiger partial charge in [-0.15, -0.1) is 10.2 Å². The fourth-order valence-corrected chi connectivity index (χ4v) is 2.86. The molecule has 2 N–H and O–H groups in total. The normalized spacial score (nSPS) is 26.2. The van der Waals surface area contributed by atoms with Crippen molar-refractivity contribution in [2.45, 2.75) is 12.5 Å². The van der Waals surface area contributed by atoms with Gasteiger partial charge in [0, 0.05) is 32.7 Å². The van der Waals surface area contributed by atoms with E-state index in [4.69, 9.17) is 0 Å². The molecule has 0 bridgehead atoms. The largest absolute Gasteiger partial charge is 0.354 e. The van der Waals surface area contributed by atoms with Crippen LogP contribution in [-0.2, 0) is 0 Å². The van der Waals surface area contributed by atoms with Crippen molar-refractivity contribution in [1.29, 1.82) is 0 Å². The summed E-state index contributed by atoms with van der Waals surface area (Å²) in [6, 6.07) is 4.15. The van der Waals surface area contributed by atoms with Crippen LogP contribution in [0.1, 0.15) is 16.9 Å². The second-order valence-electron chi connectivity index (χ2n) is 4.82. The van der Waals surface area contributed by atoms with Gasteiger partial charge in [0.2, 0.25) is 0 Å². The number of rotatable bonds is 2. The minimum absolute atomic E-state index is 0.198. The van der Waals surface area contributed by atoms with Crippen LogP contribution in [0.5, 0.6) is 0 Å². The monoisotopic (exact) mass is 247 g/mol. The highest BCUT2D eigenvalue weighted by molar-refractivity contribution is 5.91. The summed E-state index contributed by atoms with van der Waals surface area (Å²) in [7, 11) is 1.59. The van der Waals surface area contributed by atoms with Crippen LogP contribution in [0.25, 0.3) is 0 Å². The first-order valence-electron chi connectivity index (χ1n) is 6.33. The first-order chi connectivity index (χ1) is 8.79. The van der Waals surface area contributed by atoms with Crippen molar-refractivity contribution in [3.8, 4) is 0 Å². The van der Waals surface area contributed by atoms with Crippen molar-refractivity contribution in [2.75, 3.05) is 31.6 Å². The summed E-state index contributed by atoms with van der Waals surface area (Å²) in [5.74, 6) is 1.40. The van der Waals surface area contributed by atoms with E-state index in [1.807, 2.05) is 6.07 Å². The molecule has 6 heteroatoms. The minimum atomic E-state index is -0.198. The van der Waals surface area contributed by atoms with E-state index >= 15 is 0 Å². The van der Waals surface area contributed by atoms with Gasteiger partial charge in [0.05, 0.1) is 0 Å². The first kappa shape index (κ1) is 11.4. The first-order valence-corrected chi connectivity index (χ1v) is 6.33. The Balaban J connectivity index is 1.78. The number of anilines is 1. The van der Waals surface area contributed by atoms with Crippen LogP contribution in [0.4, 0.5) is 5.82 Å². The number of carbonyl (C=O) groups is 1. The maximum Gasteiger partial charge on any atom is 0.271 e. The molecule has 2 saturated heterocycles. The molecule has 18 heavy (non-hydrogen) atoms. The van der Waals surface area contributed by atoms with Crippen LogP contribution >= 0.6 is 0 Å². The Kier molecular flexibility index (Phi) is 2.87. The summed E-state index contributed by atoms with van der Waals surface area (Å²) >= 11 is 0. The van der Waals surface area contributed by atoms with E-state index in [1.54, 1.807) is 13.1 Å². The fraction of sp³-hybridized carbons (Fsp3) is 0.583. The summed E-state index contributed by atoms with van der Waals surface area (Å²) in [5, 5.41) is 14.1. The third-order valence-electron chi connectivity index (χ3n) is 3.85. The van der Waals surface area contributed by atoms with Crippen LogP contribution in [0.15, 0.2) is 12.1 Å². The average molecular weight is 247 g/mol. The molecule has 3 heterocycles. The van der Waals surface area contributed by atoms with E-state index in [9.17, 15) is 4.79 Å². The summed E-state index contributed by atoms with van der Waals surface area (Å²) in [4.78, 5) is 13.7. The Bertz CT molecular complexity index is 446. The lowest BCUT2D eigenvalue weighted by Gasteiger charge is -2.23. The van der Waals surface area contributed by atoms with Crippen molar-refractivity contribution in [1.82, 2.24) is 20.8 Å². The van der Waals surface area contributed by atoms with Crippen molar-refractivity contribution >= 4 is 11.7 Å². The molecule has 2 aliphatic heterocycles. The number of amides is 1. The van der Waals surface area contributed by atoms with Gasteiger partial charge in [0.15, 0.2) is 11.5 Å². The minimum Gasteiger partial charge on any atom is -0.354 e. The molecule has 0 saturated carbocycles. The lowest BCUT2D eigenvalue weighted by atomic mass is 10.1. The topological polar surface area (TPSA) is 70.2 Å².